The Bertz CT molecular complexity index is 1190. The molecule has 5 rings (SSSR count). The van der Waals surface area contributed by atoms with Gasteiger partial charge in [0, 0.05) is 31.2 Å². The summed E-state index contributed by atoms with van der Waals surface area (Å²) < 4.78 is 12.9. The molecule has 0 radical (unpaired) electrons. The number of aromatic nitrogens is 1. The van der Waals surface area contributed by atoms with Crippen molar-refractivity contribution in [3.63, 3.8) is 0 Å². The Morgan fingerprint density at radius 1 is 0.941 bits per heavy atom. The van der Waals surface area contributed by atoms with E-state index in [9.17, 15) is 4.79 Å². The lowest BCUT2D eigenvalue weighted by molar-refractivity contribution is 0.0905. The first-order valence-electron chi connectivity index (χ1n) is 11.6. The SMILES string of the molecule is O=C(NC1CCN(CCOc2ccc(Oc3nc4ccccc4s3)cc2)CC1)c1ccccc1. The monoisotopic (exact) mass is 473 g/mol. The first-order chi connectivity index (χ1) is 16.7. The average molecular weight is 474 g/mol. The predicted molar refractivity (Wildman–Crippen MR) is 135 cm³/mol. The molecule has 0 aliphatic carbocycles. The number of amides is 1. The van der Waals surface area contributed by atoms with E-state index < -0.39 is 0 Å². The summed E-state index contributed by atoms with van der Waals surface area (Å²) in [4.78, 5) is 19.2. The molecule has 0 saturated carbocycles. The largest absolute Gasteiger partial charge is 0.492 e. The summed E-state index contributed by atoms with van der Waals surface area (Å²) in [7, 11) is 0. The number of nitrogens with zero attached hydrogens (tertiary/aromatic N) is 2. The number of nitrogens with one attached hydrogen (secondary N) is 1. The molecule has 1 aliphatic rings. The van der Waals surface area contributed by atoms with E-state index in [1.54, 1.807) is 0 Å². The maximum atomic E-state index is 12.3. The highest BCUT2D eigenvalue weighted by molar-refractivity contribution is 7.20. The lowest BCUT2D eigenvalue weighted by Gasteiger charge is -2.32. The van der Waals surface area contributed by atoms with Crippen molar-refractivity contribution in [2.75, 3.05) is 26.2 Å². The summed E-state index contributed by atoms with van der Waals surface area (Å²) in [6.45, 7) is 3.40. The second-order valence-electron chi connectivity index (χ2n) is 8.32. The quantitative estimate of drug-likeness (QED) is 0.373. The topological polar surface area (TPSA) is 63.7 Å². The van der Waals surface area contributed by atoms with Gasteiger partial charge >= 0.3 is 0 Å². The number of hydrogen-bond donors (Lipinski definition) is 1. The summed E-state index contributed by atoms with van der Waals surface area (Å²) in [5.74, 6) is 1.57. The Labute approximate surface area is 203 Å². The number of piperidine rings is 1. The molecule has 1 N–H and O–H groups in total. The minimum atomic E-state index is 0.0120. The molecule has 2 heterocycles. The van der Waals surface area contributed by atoms with Gasteiger partial charge in [-0.05, 0) is 61.4 Å². The number of para-hydroxylation sites is 1. The molecule has 4 aromatic rings. The number of fused-ring (bicyclic) bond motifs is 1. The number of carbonyl (C=O) groups is 1. The van der Waals surface area contributed by atoms with E-state index in [4.69, 9.17) is 9.47 Å². The molecular weight excluding hydrogens is 446 g/mol. The average Bonchev–Trinajstić information content (AvgIpc) is 3.29. The highest BCUT2D eigenvalue weighted by Crippen LogP contribution is 2.31. The van der Waals surface area contributed by atoms with Crippen molar-refractivity contribution in [1.29, 1.82) is 0 Å². The standard InChI is InChI=1S/C27H27N3O3S/c31-26(20-6-2-1-3-7-20)28-21-14-16-30(17-15-21)18-19-32-22-10-12-23(13-11-22)33-27-29-24-8-4-5-9-25(24)34-27/h1-13,21H,14-19H2,(H,28,31). The third kappa shape index (κ3) is 5.73. The lowest BCUT2D eigenvalue weighted by atomic mass is 10.0. The van der Waals surface area contributed by atoms with Gasteiger partial charge in [0.15, 0.2) is 0 Å². The van der Waals surface area contributed by atoms with Crippen LogP contribution < -0.4 is 14.8 Å². The molecule has 7 heteroatoms. The van der Waals surface area contributed by atoms with Crippen molar-refractivity contribution >= 4 is 27.5 Å². The van der Waals surface area contributed by atoms with Gasteiger partial charge in [0.05, 0.1) is 10.2 Å². The van der Waals surface area contributed by atoms with Gasteiger partial charge in [-0.1, -0.05) is 41.7 Å². The zero-order chi connectivity index (χ0) is 23.2. The fraction of sp³-hybridized carbons (Fsp3) is 0.259. The summed E-state index contributed by atoms with van der Waals surface area (Å²) in [6.07, 6.45) is 1.91. The highest BCUT2D eigenvalue weighted by atomic mass is 32.1. The normalized spacial score (nSPS) is 14.7. The van der Waals surface area contributed by atoms with Gasteiger partial charge in [0.2, 0.25) is 0 Å². The second-order valence-corrected chi connectivity index (χ2v) is 9.32. The molecular formula is C27H27N3O3S. The molecule has 1 aliphatic heterocycles. The third-order valence-corrected chi connectivity index (χ3v) is 6.85. The number of thiazole rings is 1. The van der Waals surface area contributed by atoms with Crippen LogP contribution in [0, 0.1) is 0 Å². The Hall–Kier alpha value is -3.42. The number of hydrogen-bond acceptors (Lipinski definition) is 6. The Kier molecular flexibility index (Phi) is 7.02. The van der Waals surface area contributed by atoms with Crippen LogP contribution in [0.4, 0.5) is 0 Å². The fourth-order valence-electron chi connectivity index (χ4n) is 4.05. The smallest absolute Gasteiger partial charge is 0.279 e. The Morgan fingerprint density at radius 2 is 1.65 bits per heavy atom. The molecule has 34 heavy (non-hydrogen) atoms. The van der Waals surface area contributed by atoms with Crippen LogP contribution in [-0.2, 0) is 0 Å². The van der Waals surface area contributed by atoms with E-state index in [1.807, 2.05) is 78.9 Å². The maximum Gasteiger partial charge on any atom is 0.279 e. The summed E-state index contributed by atoms with van der Waals surface area (Å²) in [6, 6.07) is 25.3. The van der Waals surface area contributed by atoms with Gasteiger partial charge in [-0.2, -0.15) is 0 Å². The van der Waals surface area contributed by atoms with E-state index in [1.165, 1.54) is 11.3 Å². The molecule has 6 nitrogen and oxygen atoms in total. The molecule has 0 spiro atoms. The van der Waals surface area contributed by atoms with E-state index in [0.717, 1.165) is 59.8 Å². The molecule has 0 unspecified atom stereocenters. The highest BCUT2D eigenvalue weighted by Gasteiger charge is 2.21. The molecule has 174 valence electrons. The van der Waals surface area contributed by atoms with Crippen LogP contribution >= 0.6 is 11.3 Å². The van der Waals surface area contributed by atoms with Gasteiger partial charge in [-0.3, -0.25) is 9.69 Å². The number of likely N-dealkylation sites (tertiary alicyclic amines) is 1. The number of ether oxygens (including phenoxy) is 2. The summed E-state index contributed by atoms with van der Waals surface area (Å²) in [5, 5.41) is 3.79. The second kappa shape index (κ2) is 10.7. The van der Waals surface area contributed by atoms with Gasteiger partial charge < -0.3 is 14.8 Å². The van der Waals surface area contributed by atoms with Crippen LogP contribution in [0.2, 0.25) is 0 Å². The lowest BCUT2D eigenvalue weighted by Crippen LogP contribution is -2.45. The van der Waals surface area contributed by atoms with Crippen LogP contribution in [0.25, 0.3) is 10.2 Å². The van der Waals surface area contributed by atoms with Crippen LogP contribution in [0.15, 0.2) is 78.9 Å². The number of rotatable bonds is 8. The zero-order valence-corrected chi connectivity index (χ0v) is 19.7. The van der Waals surface area contributed by atoms with Crippen LogP contribution in [0.5, 0.6) is 16.7 Å². The van der Waals surface area contributed by atoms with Gasteiger partial charge in [-0.25, -0.2) is 4.98 Å². The van der Waals surface area contributed by atoms with Crippen LogP contribution in [-0.4, -0.2) is 48.1 Å². The zero-order valence-electron chi connectivity index (χ0n) is 18.9. The van der Waals surface area contributed by atoms with Crippen molar-refractivity contribution in [2.45, 2.75) is 18.9 Å². The van der Waals surface area contributed by atoms with Crippen molar-refractivity contribution < 1.29 is 14.3 Å². The van der Waals surface area contributed by atoms with E-state index in [0.29, 0.717) is 11.8 Å². The first-order valence-corrected chi connectivity index (χ1v) is 12.4. The number of benzene rings is 3. The Balaban J connectivity index is 1.03. The molecule has 1 aromatic heterocycles. The fourth-order valence-corrected chi connectivity index (χ4v) is 4.89. The molecule has 1 amide bonds. The van der Waals surface area contributed by atoms with Crippen LogP contribution in [0.3, 0.4) is 0 Å². The third-order valence-electron chi connectivity index (χ3n) is 5.94. The summed E-state index contributed by atoms with van der Waals surface area (Å²) >= 11 is 1.53. The van der Waals surface area contributed by atoms with E-state index in [-0.39, 0.29) is 11.9 Å². The Morgan fingerprint density at radius 3 is 2.41 bits per heavy atom. The summed E-state index contributed by atoms with van der Waals surface area (Å²) in [5.41, 5.74) is 1.67. The van der Waals surface area contributed by atoms with Gasteiger partial charge in [0.25, 0.3) is 11.1 Å². The maximum absolute atomic E-state index is 12.3. The van der Waals surface area contributed by atoms with Gasteiger partial charge in [-0.15, -0.1) is 0 Å². The van der Waals surface area contributed by atoms with Crippen LogP contribution in [0.1, 0.15) is 23.2 Å². The molecule has 1 fully saturated rings. The minimum Gasteiger partial charge on any atom is -0.492 e. The van der Waals surface area contributed by atoms with E-state index >= 15 is 0 Å². The first kappa shape index (κ1) is 22.4. The minimum absolute atomic E-state index is 0.0120. The molecule has 1 saturated heterocycles. The molecule has 0 bridgehead atoms. The molecule has 0 atom stereocenters. The molecule has 3 aromatic carbocycles. The van der Waals surface area contributed by atoms with Crippen molar-refractivity contribution in [3.05, 3.63) is 84.4 Å². The van der Waals surface area contributed by atoms with Crippen molar-refractivity contribution in [3.8, 4) is 16.7 Å². The van der Waals surface area contributed by atoms with Gasteiger partial charge in [0.1, 0.15) is 18.1 Å². The predicted octanol–water partition coefficient (Wildman–Crippen LogP) is 5.36. The van der Waals surface area contributed by atoms with E-state index in [2.05, 4.69) is 15.2 Å². The van der Waals surface area contributed by atoms with Crippen molar-refractivity contribution in [1.82, 2.24) is 15.2 Å². The van der Waals surface area contributed by atoms with Crippen molar-refractivity contribution in [2.24, 2.45) is 0 Å². The number of carbonyl (C=O) groups excluding carboxylic acids is 1.